The maximum Gasteiger partial charge on any atom is 0.416 e. The number of benzene rings is 2. The van der Waals surface area contributed by atoms with Gasteiger partial charge in [0.05, 0.1) is 30.2 Å². The number of nitrogens with zero attached hydrogens (tertiary/aromatic N) is 6. The molecule has 7 rings (SSSR count). The molecule has 2 aromatic carbocycles. The van der Waals surface area contributed by atoms with Crippen molar-refractivity contribution in [2.45, 2.75) is 50.5 Å². The maximum atomic E-state index is 13.6. The van der Waals surface area contributed by atoms with Gasteiger partial charge in [-0.25, -0.2) is 14.6 Å². The standard InChI is InChI=1S/C31H32F3N7O/c32-31(33,34)25-4-2-1-3-22(25)18-40-12-11-20-17-21(5-10-26(20)40)28-27-29(35)36-19-37-30(27)41(38-28)24-8-6-23(7-9-24)39-13-15-42-16-14-39/h1-5,10-12,17,19,23-24H,6-9,13-16,18H2,(H2,35,36,37). The summed E-state index contributed by atoms with van der Waals surface area (Å²) in [6.07, 6.45) is 3.10. The van der Waals surface area contributed by atoms with Crippen molar-refractivity contribution in [3.05, 3.63) is 72.2 Å². The zero-order valence-electron chi connectivity index (χ0n) is 23.1. The monoisotopic (exact) mass is 575 g/mol. The minimum absolute atomic E-state index is 0.115. The molecule has 2 aliphatic rings. The predicted octanol–water partition coefficient (Wildman–Crippen LogP) is 5.91. The van der Waals surface area contributed by atoms with Crippen LogP contribution in [-0.2, 0) is 17.5 Å². The molecule has 1 aliphatic heterocycles. The Morgan fingerprint density at radius 2 is 1.69 bits per heavy atom. The number of morpholine rings is 1. The second-order valence-corrected chi connectivity index (χ2v) is 11.2. The van der Waals surface area contributed by atoms with Gasteiger partial charge in [-0.3, -0.25) is 4.90 Å². The lowest BCUT2D eigenvalue weighted by atomic mass is 9.90. The molecule has 0 radical (unpaired) electrons. The van der Waals surface area contributed by atoms with Gasteiger partial charge in [0.2, 0.25) is 0 Å². The Kier molecular flexibility index (Phi) is 6.86. The highest BCUT2D eigenvalue weighted by molar-refractivity contribution is 6.00. The van der Waals surface area contributed by atoms with E-state index in [0.717, 1.165) is 91.2 Å². The van der Waals surface area contributed by atoms with Gasteiger partial charge in [0.25, 0.3) is 0 Å². The Labute approximate surface area is 240 Å². The van der Waals surface area contributed by atoms with Crippen molar-refractivity contribution in [2.24, 2.45) is 0 Å². The third kappa shape index (κ3) is 4.90. The first kappa shape index (κ1) is 26.9. The molecular weight excluding hydrogens is 543 g/mol. The Morgan fingerprint density at radius 1 is 0.929 bits per heavy atom. The van der Waals surface area contributed by atoms with E-state index in [1.165, 1.54) is 18.5 Å². The van der Waals surface area contributed by atoms with Gasteiger partial charge in [0.1, 0.15) is 17.8 Å². The number of hydrogen-bond donors (Lipinski definition) is 1. The number of hydrogen-bond acceptors (Lipinski definition) is 6. The summed E-state index contributed by atoms with van der Waals surface area (Å²) in [4.78, 5) is 11.4. The molecule has 2 fully saturated rings. The first-order valence-corrected chi connectivity index (χ1v) is 14.4. The Balaban J connectivity index is 1.19. The summed E-state index contributed by atoms with van der Waals surface area (Å²) in [5.74, 6) is 0.379. The van der Waals surface area contributed by atoms with Gasteiger partial charge < -0.3 is 15.0 Å². The van der Waals surface area contributed by atoms with Gasteiger partial charge in [-0.2, -0.15) is 18.3 Å². The quantitative estimate of drug-likeness (QED) is 0.280. The van der Waals surface area contributed by atoms with E-state index in [2.05, 4.69) is 14.9 Å². The molecule has 1 saturated heterocycles. The van der Waals surface area contributed by atoms with Gasteiger partial charge in [-0.05, 0) is 55.5 Å². The molecule has 5 aromatic rings. The fraction of sp³-hybridized carbons (Fsp3) is 0.387. The lowest BCUT2D eigenvalue weighted by Crippen LogP contribution is -2.45. The Morgan fingerprint density at radius 3 is 2.48 bits per heavy atom. The zero-order valence-corrected chi connectivity index (χ0v) is 23.1. The number of anilines is 1. The minimum Gasteiger partial charge on any atom is -0.383 e. The van der Waals surface area contributed by atoms with E-state index in [-0.39, 0.29) is 18.2 Å². The summed E-state index contributed by atoms with van der Waals surface area (Å²) in [6, 6.07) is 14.3. The molecule has 1 aliphatic carbocycles. The lowest BCUT2D eigenvalue weighted by Gasteiger charge is -2.38. The smallest absolute Gasteiger partial charge is 0.383 e. The fourth-order valence-corrected chi connectivity index (χ4v) is 6.67. The molecule has 0 amide bonds. The molecule has 0 unspecified atom stereocenters. The van der Waals surface area contributed by atoms with Crippen molar-refractivity contribution in [3.63, 3.8) is 0 Å². The average Bonchev–Trinajstić information content (AvgIpc) is 3.60. The molecule has 0 bridgehead atoms. The molecule has 11 heteroatoms. The normalized spacial score (nSPS) is 20.5. The van der Waals surface area contributed by atoms with Crippen LogP contribution in [0.3, 0.4) is 0 Å². The van der Waals surface area contributed by atoms with E-state index in [9.17, 15) is 13.2 Å². The molecule has 218 valence electrons. The van der Waals surface area contributed by atoms with E-state index in [1.807, 2.05) is 39.7 Å². The van der Waals surface area contributed by atoms with Gasteiger partial charge in [0, 0.05) is 48.3 Å². The van der Waals surface area contributed by atoms with Gasteiger partial charge in [-0.1, -0.05) is 24.3 Å². The van der Waals surface area contributed by atoms with Crippen molar-refractivity contribution >= 4 is 27.8 Å². The second kappa shape index (κ2) is 10.7. The van der Waals surface area contributed by atoms with Crippen LogP contribution in [-0.4, -0.2) is 61.6 Å². The molecule has 0 spiro atoms. The Bertz CT molecular complexity index is 1730. The van der Waals surface area contributed by atoms with Crippen LogP contribution < -0.4 is 5.73 Å². The van der Waals surface area contributed by atoms with Crippen molar-refractivity contribution < 1.29 is 17.9 Å². The van der Waals surface area contributed by atoms with Crippen LogP contribution in [0.1, 0.15) is 42.9 Å². The molecular formula is C31H32F3N7O. The summed E-state index contributed by atoms with van der Waals surface area (Å²) < 4.78 is 50.2. The average molecular weight is 576 g/mol. The number of fused-ring (bicyclic) bond motifs is 2. The highest BCUT2D eigenvalue weighted by atomic mass is 19.4. The number of ether oxygens (including phenoxy) is 1. The first-order chi connectivity index (χ1) is 20.4. The summed E-state index contributed by atoms with van der Waals surface area (Å²) in [6.45, 7) is 3.71. The lowest BCUT2D eigenvalue weighted by molar-refractivity contribution is -0.138. The van der Waals surface area contributed by atoms with E-state index < -0.39 is 11.7 Å². The summed E-state index contributed by atoms with van der Waals surface area (Å²) in [7, 11) is 0. The highest BCUT2D eigenvalue weighted by Gasteiger charge is 2.33. The van der Waals surface area contributed by atoms with Crippen molar-refractivity contribution in [1.82, 2.24) is 29.2 Å². The molecule has 8 nitrogen and oxygen atoms in total. The summed E-state index contributed by atoms with van der Waals surface area (Å²) in [5.41, 5.74) is 9.15. The van der Waals surface area contributed by atoms with Crippen molar-refractivity contribution in [3.8, 4) is 11.3 Å². The van der Waals surface area contributed by atoms with Crippen LogP contribution in [0, 0.1) is 0 Å². The number of aromatic nitrogens is 5. The van der Waals surface area contributed by atoms with E-state index in [4.69, 9.17) is 15.6 Å². The topological polar surface area (TPSA) is 87.0 Å². The number of alkyl halides is 3. The summed E-state index contributed by atoms with van der Waals surface area (Å²) in [5, 5.41) is 6.70. The van der Waals surface area contributed by atoms with E-state index >= 15 is 0 Å². The van der Waals surface area contributed by atoms with Crippen LogP contribution in [0.5, 0.6) is 0 Å². The summed E-state index contributed by atoms with van der Waals surface area (Å²) >= 11 is 0. The highest BCUT2D eigenvalue weighted by Crippen LogP contribution is 2.38. The molecule has 2 N–H and O–H groups in total. The van der Waals surface area contributed by atoms with Crippen molar-refractivity contribution in [1.29, 1.82) is 0 Å². The Hall–Kier alpha value is -3.96. The second-order valence-electron chi connectivity index (χ2n) is 11.2. The molecule has 0 atom stereocenters. The van der Waals surface area contributed by atoms with Crippen LogP contribution in [0.2, 0.25) is 0 Å². The maximum absolute atomic E-state index is 13.6. The predicted molar refractivity (Wildman–Crippen MR) is 155 cm³/mol. The van der Waals surface area contributed by atoms with Gasteiger partial charge in [0.15, 0.2) is 5.65 Å². The van der Waals surface area contributed by atoms with Crippen LogP contribution in [0.4, 0.5) is 19.0 Å². The number of nitrogens with two attached hydrogens (primary N) is 1. The van der Waals surface area contributed by atoms with E-state index in [1.54, 1.807) is 6.07 Å². The van der Waals surface area contributed by atoms with Crippen LogP contribution >= 0.6 is 0 Å². The zero-order chi connectivity index (χ0) is 28.8. The molecule has 4 heterocycles. The van der Waals surface area contributed by atoms with Gasteiger partial charge in [-0.15, -0.1) is 0 Å². The molecule has 42 heavy (non-hydrogen) atoms. The van der Waals surface area contributed by atoms with Crippen molar-refractivity contribution in [2.75, 3.05) is 32.0 Å². The minimum atomic E-state index is -4.41. The fourth-order valence-electron chi connectivity index (χ4n) is 6.67. The number of halogens is 3. The largest absolute Gasteiger partial charge is 0.416 e. The first-order valence-electron chi connectivity index (χ1n) is 14.4. The molecule has 1 saturated carbocycles. The third-order valence-corrected chi connectivity index (χ3v) is 8.80. The van der Waals surface area contributed by atoms with Gasteiger partial charge >= 0.3 is 6.18 Å². The number of rotatable bonds is 5. The number of nitrogen functional groups attached to an aromatic ring is 1. The van der Waals surface area contributed by atoms with Crippen LogP contribution in [0.15, 0.2) is 61.1 Å². The molecule has 3 aromatic heterocycles. The van der Waals surface area contributed by atoms with E-state index in [0.29, 0.717) is 11.9 Å². The SMILES string of the molecule is Nc1ncnc2c1c(-c1ccc3c(ccn3Cc3ccccc3C(F)(F)F)c1)nn2C1CCC(N2CCOCC2)CC1. The van der Waals surface area contributed by atoms with Crippen LogP contribution in [0.25, 0.3) is 33.2 Å². The third-order valence-electron chi connectivity index (χ3n) is 8.80.